The van der Waals surface area contributed by atoms with Gasteiger partial charge < -0.3 is 10.2 Å². The average Bonchev–Trinajstić information content (AvgIpc) is 2.95. The Hall–Kier alpha value is -0.940. The summed E-state index contributed by atoms with van der Waals surface area (Å²) in [7, 11) is 0. The summed E-state index contributed by atoms with van der Waals surface area (Å²) in [6.45, 7) is 0.207. The van der Waals surface area contributed by atoms with Gasteiger partial charge >= 0.3 is 0 Å². The molecule has 16 heavy (non-hydrogen) atoms. The summed E-state index contributed by atoms with van der Waals surface area (Å²) < 4.78 is 0. The Balaban J connectivity index is 2.08. The summed E-state index contributed by atoms with van der Waals surface area (Å²) >= 11 is 3.17. The number of aliphatic hydroxyl groups is 2. The maximum absolute atomic E-state index is 8.93. The van der Waals surface area contributed by atoms with Crippen LogP contribution in [-0.2, 0) is 13.2 Å². The zero-order chi connectivity index (χ0) is 11.4. The zero-order valence-corrected chi connectivity index (χ0v) is 10.2. The van der Waals surface area contributed by atoms with Crippen molar-refractivity contribution in [3.05, 3.63) is 43.8 Å². The zero-order valence-electron chi connectivity index (χ0n) is 8.59. The van der Waals surface area contributed by atoms with E-state index in [9.17, 15) is 0 Å². The molecule has 2 nitrogen and oxygen atoms in total. The fraction of sp³-hybridized carbons (Fsp3) is 0.167. The first kappa shape index (κ1) is 11.5. The molecule has 0 spiro atoms. The lowest BCUT2D eigenvalue weighted by Gasteiger charge is -1.86. The average molecular weight is 252 g/mol. The van der Waals surface area contributed by atoms with E-state index in [0.717, 1.165) is 19.5 Å². The molecule has 4 heteroatoms. The first-order chi connectivity index (χ1) is 7.81. The van der Waals surface area contributed by atoms with Crippen molar-refractivity contribution in [3.63, 3.8) is 0 Å². The van der Waals surface area contributed by atoms with Crippen molar-refractivity contribution < 1.29 is 10.2 Å². The molecule has 2 rings (SSSR count). The predicted molar refractivity (Wildman–Crippen MR) is 69.4 cm³/mol. The molecule has 0 saturated carbocycles. The van der Waals surface area contributed by atoms with Gasteiger partial charge in [0.2, 0.25) is 0 Å². The number of thiophene rings is 2. The van der Waals surface area contributed by atoms with Gasteiger partial charge in [-0.2, -0.15) is 0 Å². The van der Waals surface area contributed by atoms with Crippen molar-refractivity contribution in [2.75, 3.05) is 0 Å². The lowest BCUT2D eigenvalue weighted by molar-refractivity contribution is 0.285. The van der Waals surface area contributed by atoms with E-state index >= 15 is 0 Å². The first-order valence-corrected chi connectivity index (χ1v) is 6.52. The number of hydrogen-bond acceptors (Lipinski definition) is 4. The Morgan fingerprint density at radius 1 is 0.812 bits per heavy atom. The van der Waals surface area contributed by atoms with Crippen molar-refractivity contribution in [2.45, 2.75) is 13.2 Å². The molecule has 2 aromatic heterocycles. The van der Waals surface area contributed by atoms with Gasteiger partial charge in [-0.1, -0.05) is 0 Å². The molecule has 0 radical (unpaired) electrons. The van der Waals surface area contributed by atoms with Gasteiger partial charge in [0.05, 0.1) is 13.2 Å². The maximum Gasteiger partial charge on any atom is 0.0774 e. The molecule has 0 unspecified atom stereocenters. The monoisotopic (exact) mass is 252 g/mol. The molecule has 0 saturated heterocycles. The van der Waals surface area contributed by atoms with Gasteiger partial charge in [-0.3, -0.25) is 0 Å². The lowest BCUT2D eigenvalue weighted by atomic mass is 10.3. The highest BCUT2D eigenvalue weighted by Crippen LogP contribution is 2.22. The highest BCUT2D eigenvalue weighted by Gasteiger charge is 1.97. The summed E-state index contributed by atoms with van der Waals surface area (Å²) in [5, 5.41) is 17.9. The molecule has 0 amide bonds. The first-order valence-electron chi connectivity index (χ1n) is 4.89. The molecule has 2 heterocycles. The molecule has 2 N–H and O–H groups in total. The molecule has 0 aliphatic carbocycles. The number of hydrogen-bond donors (Lipinski definition) is 2. The van der Waals surface area contributed by atoms with Crippen LogP contribution < -0.4 is 0 Å². The van der Waals surface area contributed by atoms with Gasteiger partial charge in [0, 0.05) is 19.5 Å². The molecule has 0 aromatic carbocycles. The second-order valence-electron chi connectivity index (χ2n) is 3.26. The molecule has 84 valence electrons. The van der Waals surface area contributed by atoms with Crippen LogP contribution in [0.25, 0.3) is 12.2 Å². The van der Waals surface area contributed by atoms with Gasteiger partial charge in [0.25, 0.3) is 0 Å². The third-order valence-electron chi connectivity index (χ3n) is 2.09. The predicted octanol–water partition coefficient (Wildman–Crippen LogP) is 2.96. The second kappa shape index (κ2) is 5.41. The van der Waals surface area contributed by atoms with Crippen LogP contribution in [0.2, 0.25) is 0 Å². The van der Waals surface area contributed by atoms with Crippen LogP contribution in [0.15, 0.2) is 24.3 Å². The standard InChI is InChI=1S/C12H12O2S2/c13-7-11-5-3-9(15-11)1-2-10-4-6-12(8-14)16-10/h1-6,13-14H,7-8H2/b2-1+. The molecule has 0 bridgehead atoms. The minimum absolute atomic E-state index is 0.103. The van der Waals surface area contributed by atoms with E-state index in [1.165, 1.54) is 0 Å². The normalized spacial score (nSPS) is 11.4. The van der Waals surface area contributed by atoms with Crippen LogP contribution >= 0.6 is 22.7 Å². The highest BCUT2D eigenvalue weighted by molar-refractivity contribution is 7.13. The third kappa shape index (κ3) is 2.80. The van der Waals surface area contributed by atoms with Crippen molar-refractivity contribution in [1.82, 2.24) is 0 Å². The second-order valence-corrected chi connectivity index (χ2v) is 5.66. The van der Waals surface area contributed by atoms with Crippen LogP contribution in [0.4, 0.5) is 0 Å². The van der Waals surface area contributed by atoms with Gasteiger partial charge in [-0.15, -0.1) is 22.7 Å². The fourth-order valence-corrected chi connectivity index (χ4v) is 2.85. The lowest BCUT2D eigenvalue weighted by Crippen LogP contribution is -1.70. The summed E-state index contributed by atoms with van der Waals surface area (Å²) in [5.41, 5.74) is 0. The van der Waals surface area contributed by atoms with Crippen molar-refractivity contribution in [1.29, 1.82) is 0 Å². The van der Waals surface area contributed by atoms with Crippen LogP contribution in [-0.4, -0.2) is 10.2 Å². The van der Waals surface area contributed by atoms with E-state index in [-0.39, 0.29) is 13.2 Å². The van der Waals surface area contributed by atoms with Crippen LogP contribution in [0, 0.1) is 0 Å². The summed E-state index contributed by atoms with van der Waals surface area (Å²) in [6, 6.07) is 7.84. The Bertz CT molecular complexity index is 438. The van der Waals surface area contributed by atoms with E-state index in [0.29, 0.717) is 0 Å². The van der Waals surface area contributed by atoms with Crippen LogP contribution in [0.5, 0.6) is 0 Å². The Morgan fingerprint density at radius 2 is 1.25 bits per heavy atom. The van der Waals surface area contributed by atoms with Gasteiger partial charge in [-0.05, 0) is 36.4 Å². The minimum Gasteiger partial charge on any atom is -0.391 e. The summed E-state index contributed by atoms with van der Waals surface area (Å²) in [6.07, 6.45) is 4.05. The Morgan fingerprint density at radius 3 is 1.56 bits per heavy atom. The number of rotatable bonds is 4. The molecular formula is C12H12O2S2. The molecule has 0 aliphatic rings. The summed E-state index contributed by atoms with van der Waals surface area (Å²) in [4.78, 5) is 4.20. The third-order valence-corrected chi connectivity index (χ3v) is 4.16. The number of aliphatic hydroxyl groups excluding tert-OH is 2. The van der Waals surface area contributed by atoms with E-state index < -0.39 is 0 Å². The SMILES string of the molecule is OCc1ccc(/C=C/c2ccc(CO)s2)s1. The highest BCUT2D eigenvalue weighted by atomic mass is 32.1. The molecular weight excluding hydrogens is 240 g/mol. The molecule has 0 atom stereocenters. The topological polar surface area (TPSA) is 40.5 Å². The Kier molecular flexibility index (Phi) is 3.90. The molecule has 0 aliphatic heterocycles. The summed E-state index contributed by atoms with van der Waals surface area (Å²) in [5.74, 6) is 0. The maximum atomic E-state index is 8.93. The Labute approximate surface area is 102 Å². The smallest absolute Gasteiger partial charge is 0.0774 e. The van der Waals surface area contributed by atoms with Crippen LogP contribution in [0.1, 0.15) is 19.5 Å². The van der Waals surface area contributed by atoms with E-state index in [2.05, 4.69) is 0 Å². The van der Waals surface area contributed by atoms with Crippen molar-refractivity contribution in [2.24, 2.45) is 0 Å². The van der Waals surface area contributed by atoms with E-state index in [1.807, 2.05) is 36.4 Å². The van der Waals surface area contributed by atoms with Crippen molar-refractivity contribution in [3.8, 4) is 0 Å². The largest absolute Gasteiger partial charge is 0.391 e. The van der Waals surface area contributed by atoms with E-state index in [4.69, 9.17) is 10.2 Å². The van der Waals surface area contributed by atoms with Crippen molar-refractivity contribution >= 4 is 34.8 Å². The molecule has 0 fully saturated rings. The fourth-order valence-electron chi connectivity index (χ4n) is 1.30. The van der Waals surface area contributed by atoms with Crippen LogP contribution in [0.3, 0.4) is 0 Å². The van der Waals surface area contributed by atoms with E-state index in [1.54, 1.807) is 22.7 Å². The minimum atomic E-state index is 0.103. The van der Waals surface area contributed by atoms with Gasteiger partial charge in [0.15, 0.2) is 0 Å². The van der Waals surface area contributed by atoms with Gasteiger partial charge in [0.1, 0.15) is 0 Å². The quantitative estimate of drug-likeness (QED) is 0.878. The van der Waals surface area contributed by atoms with Gasteiger partial charge in [-0.25, -0.2) is 0 Å². The molecule has 2 aromatic rings.